The van der Waals surface area contributed by atoms with Crippen LogP contribution in [0.25, 0.3) is 0 Å². The third-order valence-corrected chi connectivity index (χ3v) is 2.49. The number of phenolic OH excluding ortho intramolecular Hbond substituents is 1. The molecule has 0 aromatic heterocycles. The van der Waals surface area contributed by atoms with Crippen molar-refractivity contribution in [1.29, 1.82) is 0 Å². The lowest BCUT2D eigenvalue weighted by molar-refractivity contribution is -0.125. The summed E-state index contributed by atoms with van der Waals surface area (Å²) in [5, 5.41) is 11.7. The molecule has 5 heteroatoms. The Balaban J connectivity index is 2.62. The highest BCUT2D eigenvalue weighted by Gasteiger charge is 2.25. The molecule has 1 aromatic rings. The lowest BCUT2D eigenvalue weighted by Crippen LogP contribution is -2.42. The maximum atomic E-state index is 11.7. The lowest BCUT2D eigenvalue weighted by Gasteiger charge is -2.20. The predicted octanol–water partition coefficient (Wildman–Crippen LogP) is 0.633. The second-order valence-electron chi connectivity index (χ2n) is 4.48. The molecule has 1 aromatic carbocycles. The molecule has 0 radical (unpaired) electrons. The van der Waals surface area contributed by atoms with Gasteiger partial charge in [-0.3, -0.25) is 9.59 Å². The first-order chi connectivity index (χ1) is 7.83. The molecular formula is C12H16N2O3. The smallest absolute Gasteiger partial charge is 0.251 e. The van der Waals surface area contributed by atoms with Gasteiger partial charge in [-0.15, -0.1) is 0 Å². The summed E-state index contributed by atoms with van der Waals surface area (Å²) in [6.07, 6.45) is 0. The average Bonchev–Trinajstić information content (AvgIpc) is 2.27. The number of amides is 2. The first-order valence-electron chi connectivity index (χ1n) is 5.20. The van der Waals surface area contributed by atoms with E-state index in [0.717, 1.165) is 0 Å². The molecule has 0 spiro atoms. The topological polar surface area (TPSA) is 92.4 Å². The molecule has 1 rings (SSSR count). The molecule has 0 fully saturated rings. The Kier molecular flexibility index (Phi) is 3.73. The van der Waals surface area contributed by atoms with Gasteiger partial charge in [0.2, 0.25) is 5.91 Å². The van der Waals surface area contributed by atoms with Gasteiger partial charge in [0.15, 0.2) is 0 Å². The maximum absolute atomic E-state index is 11.7. The number of nitrogens with one attached hydrogen (secondary N) is 1. The zero-order chi connectivity index (χ0) is 13.1. The van der Waals surface area contributed by atoms with Crippen LogP contribution in [0.5, 0.6) is 5.75 Å². The number of carbonyl (C=O) groups excluding carboxylic acids is 2. The summed E-state index contributed by atoms with van der Waals surface area (Å²) in [6, 6.07) is 5.85. The number of nitrogens with two attached hydrogens (primary N) is 1. The van der Waals surface area contributed by atoms with E-state index >= 15 is 0 Å². The molecule has 0 bridgehead atoms. The van der Waals surface area contributed by atoms with Crippen molar-refractivity contribution in [3.05, 3.63) is 29.8 Å². The normalized spacial score (nSPS) is 10.9. The molecule has 2 amide bonds. The van der Waals surface area contributed by atoms with Crippen molar-refractivity contribution < 1.29 is 14.7 Å². The largest absolute Gasteiger partial charge is 0.508 e. The van der Waals surface area contributed by atoms with Gasteiger partial charge in [0.05, 0.1) is 5.41 Å². The van der Waals surface area contributed by atoms with Crippen molar-refractivity contribution in [2.45, 2.75) is 13.8 Å². The second-order valence-corrected chi connectivity index (χ2v) is 4.48. The minimum absolute atomic E-state index is 0.0963. The minimum atomic E-state index is -0.785. The van der Waals surface area contributed by atoms with Gasteiger partial charge >= 0.3 is 0 Å². The highest BCUT2D eigenvalue weighted by molar-refractivity contribution is 5.94. The van der Waals surface area contributed by atoms with Crippen LogP contribution in [0.2, 0.25) is 0 Å². The van der Waals surface area contributed by atoms with Crippen molar-refractivity contribution in [3.8, 4) is 5.75 Å². The van der Waals surface area contributed by atoms with E-state index in [1.807, 2.05) is 0 Å². The Hall–Kier alpha value is -2.04. The zero-order valence-electron chi connectivity index (χ0n) is 9.86. The number of hydrogen-bond donors (Lipinski definition) is 3. The molecule has 5 nitrogen and oxygen atoms in total. The number of carbonyl (C=O) groups is 2. The summed E-state index contributed by atoms with van der Waals surface area (Å²) < 4.78 is 0. The van der Waals surface area contributed by atoms with Crippen LogP contribution in [-0.4, -0.2) is 23.5 Å². The highest BCUT2D eigenvalue weighted by Crippen LogP contribution is 2.13. The van der Waals surface area contributed by atoms with Crippen LogP contribution in [0.4, 0.5) is 0 Å². The third kappa shape index (κ3) is 3.48. The fourth-order valence-corrected chi connectivity index (χ4v) is 1.10. The van der Waals surface area contributed by atoms with Gasteiger partial charge in [0.25, 0.3) is 5.91 Å². The van der Waals surface area contributed by atoms with Gasteiger partial charge < -0.3 is 16.2 Å². The van der Waals surface area contributed by atoms with Gasteiger partial charge in [0.1, 0.15) is 5.75 Å². The van der Waals surface area contributed by atoms with E-state index in [4.69, 9.17) is 10.8 Å². The first kappa shape index (κ1) is 13.0. The zero-order valence-corrected chi connectivity index (χ0v) is 9.86. The Morgan fingerprint density at radius 3 is 2.29 bits per heavy atom. The van der Waals surface area contributed by atoms with E-state index in [0.29, 0.717) is 5.56 Å². The molecule has 0 saturated heterocycles. The molecular weight excluding hydrogens is 220 g/mol. The molecule has 0 heterocycles. The van der Waals surface area contributed by atoms with Crippen molar-refractivity contribution in [2.75, 3.05) is 6.54 Å². The Bertz CT molecular complexity index is 424. The number of aromatic hydroxyl groups is 1. The van der Waals surface area contributed by atoms with E-state index < -0.39 is 11.3 Å². The lowest BCUT2D eigenvalue weighted by atomic mass is 9.92. The number of benzene rings is 1. The van der Waals surface area contributed by atoms with Gasteiger partial charge in [-0.2, -0.15) is 0 Å². The van der Waals surface area contributed by atoms with E-state index in [2.05, 4.69) is 5.32 Å². The van der Waals surface area contributed by atoms with Gasteiger partial charge in [-0.05, 0) is 38.1 Å². The van der Waals surface area contributed by atoms with E-state index in [9.17, 15) is 9.59 Å². The van der Waals surface area contributed by atoms with Crippen LogP contribution >= 0.6 is 0 Å². The van der Waals surface area contributed by atoms with Gasteiger partial charge in [-0.25, -0.2) is 0 Å². The molecule has 0 aliphatic rings. The minimum Gasteiger partial charge on any atom is -0.508 e. The van der Waals surface area contributed by atoms with Crippen LogP contribution in [0.3, 0.4) is 0 Å². The van der Waals surface area contributed by atoms with Crippen LogP contribution in [0, 0.1) is 5.41 Å². The molecule has 92 valence electrons. The summed E-state index contributed by atoms with van der Waals surface area (Å²) in [7, 11) is 0. The molecule has 17 heavy (non-hydrogen) atoms. The average molecular weight is 236 g/mol. The fraction of sp³-hybridized carbons (Fsp3) is 0.333. The highest BCUT2D eigenvalue weighted by atomic mass is 16.3. The predicted molar refractivity (Wildman–Crippen MR) is 63.4 cm³/mol. The number of rotatable bonds is 4. The van der Waals surface area contributed by atoms with Crippen LogP contribution < -0.4 is 11.1 Å². The maximum Gasteiger partial charge on any atom is 0.251 e. The second kappa shape index (κ2) is 4.86. The Morgan fingerprint density at radius 2 is 1.82 bits per heavy atom. The Morgan fingerprint density at radius 1 is 1.29 bits per heavy atom. The SMILES string of the molecule is CC(C)(CNC(=O)c1ccc(O)cc1)C(N)=O. The van der Waals surface area contributed by atoms with E-state index in [1.165, 1.54) is 24.3 Å². The fourth-order valence-electron chi connectivity index (χ4n) is 1.10. The van der Waals surface area contributed by atoms with Crippen molar-refractivity contribution in [2.24, 2.45) is 11.1 Å². The monoisotopic (exact) mass is 236 g/mol. The summed E-state index contributed by atoms with van der Waals surface area (Å²) in [6.45, 7) is 3.49. The van der Waals surface area contributed by atoms with Crippen LogP contribution in [-0.2, 0) is 4.79 Å². The number of primary amides is 1. The molecule has 0 aliphatic carbocycles. The molecule has 0 atom stereocenters. The molecule has 0 saturated carbocycles. The van der Waals surface area contributed by atoms with Crippen molar-refractivity contribution >= 4 is 11.8 Å². The van der Waals surface area contributed by atoms with Gasteiger partial charge in [-0.1, -0.05) is 0 Å². The number of phenols is 1. The quantitative estimate of drug-likeness (QED) is 0.716. The third-order valence-electron chi connectivity index (χ3n) is 2.49. The molecule has 0 unspecified atom stereocenters. The van der Waals surface area contributed by atoms with E-state index in [-0.39, 0.29) is 18.2 Å². The first-order valence-corrected chi connectivity index (χ1v) is 5.20. The molecule has 4 N–H and O–H groups in total. The van der Waals surface area contributed by atoms with Crippen LogP contribution in [0.1, 0.15) is 24.2 Å². The van der Waals surface area contributed by atoms with Crippen LogP contribution in [0.15, 0.2) is 24.3 Å². The van der Waals surface area contributed by atoms with Crippen molar-refractivity contribution in [1.82, 2.24) is 5.32 Å². The number of hydrogen-bond acceptors (Lipinski definition) is 3. The summed E-state index contributed by atoms with van der Waals surface area (Å²) in [5.74, 6) is -0.679. The van der Waals surface area contributed by atoms with Gasteiger partial charge in [0, 0.05) is 12.1 Å². The summed E-state index contributed by atoms with van der Waals surface area (Å²) >= 11 is 0. The Labute approximate surface area is 99.6 Å². The standard InChI is InChI=1S/C12H16N2O3/c1-12(2,11(13)17)7-14-10(16)8-3-5-9(15)6-4-8/h3-6,15H,7H2,1-2H3,(H2,13,17)(H,14,16). The summed E-state index contributed by atoms with van der Waals surface area (Å²) in [4.78, 5) is 22.7. The summed E-state index contributed by atoms with van der Waals surface area (Å²) in [5.41, 5.74) is 4.83. The van der Waals surface area contributed by atoms with E-state index in [1.54, 1.807) is 13.8 Å². The molecule has 0 aliphatic heterocycles. The van der Waals surface area contributed by atoms with Crippen molar-refractivity contribution in [3.63, 3.8) is 0 Å².